The molecular formula is C17H19N3O. The largest absolute Gasteiger partial charge is 0.386 e. The molecule has 0 bridgehead atoms. The molecule has 1 atom stereocenters. The van der Waals surface area contributed by atoms with Crippen LogP contribution in [0.4, 0.5) is 0 Å². The molecule has 0 saturated carbocycles. The molecule has 0 amide bonds. The first-order chi connectivity index (χ1) is 10.1. The summed E-state index contributed by atoms with van der Waals surface area (Å²) < 4.78 is 1.99. The van der Waals surface area contributed by atoms with Gasteiger partial charge in [-0.05, 0) is 26.0 Å². The van der Waals surface area contributed by atoms with Crippen molar-refractivity contribution in [2.45, 2.75) is 32.4 Å². The molecule has 3 aromatic rings. The summed E-state index contributed by atoms with van der Waals surface area (Å²) in [7, 11) is 0. The predicted octanol–water partition coefficient (Wildman–Crippen LogP) is 3.29. The third kappa shape index (κ3) is 2.81. The molecule has 3 rings (SSSR count). The van der Waals surface area contributed by atoms with Crippen molar-refractivity contribution in [3.63, 3.8) is 0 Å². The summed E-state index contributed by atoms with van der Waals surface area (Å²) in [6, 6.07) is 12.3. The second-order valence-corrected chi connectivity index (χ2v) is 5.53. The average molecular weight is 281 g/mol. The molecule has 1 N–H and O–H groups in total. The van der Waals surface area contributed by atoms with E-state index in [0.717, 1.165) is 22.3 Å². The van der Waals surface area contributed by atoms with E-state index in [-0.39, 0.29) is 6.04 Å². The SMILES string of the molecule is CC(C)n1cncc1C(O)Cc1ccc2ccccc2n1. The van der Waals surface area contributed by atoms with E-state index in [1.54, 1.807) is 12.5 Å². The molecule has 0 aliphatic heterocycles. The molecule has 0 aliphatic rings. The number of nitrogens with zero attached hydrogens (tertiary/aromatic N) is 3. The second-order valence-electron chi connectivity index (χ2n) is 5.53. The van der Waals surface area contributed by atoms with Crippen molar-refractivity contribution in [1.82, 2.24) is 14.5 Å². The molecule has 0 aliphatic carbocycles. The fraction of sp³-hybridized carbons (Fsp3) is 0.294. The van der Waals surface area contributed by atoms with Crippen LogP contribution in [0.3, 0.4) is 0 Å². The minimum Gasteiger partial charge on any atom is -0.386 e. The van der Waals surface area contributed by atoms with E-state index in [0.29, 0.717) is 6.42 Å². The first kappa shape index (κ1) is 13.8. The number of fused-ring (bicyclic) bond motifs is 1. The third-order valence-electron chi connectivity index (χ3n) is 3.65. The van der Waals surface area contributed by atoms with Crippen LogP contribution >= 0.6 is 0 Å². The van der Waals surface area contributed by atoms with Gasteiger partial charge in [-0.2, -0.15) is 0 Å². The molecule has 0 saturated heterocycles. The topological polar surface area (TPSA) is 50.9 Å². The van der Waals surface area contributed by atoms with Crippen LogP contribution in [0, 0.1) is 0 Å². The minimum absolute atomic E-state index is 0.279. The summed E-state index contributed by atoms with van der Waals surface area (Å²) in [5.74, 6) is 0. The van der Waals surface area contributed by atoms with Gasteiger partial charge < -0.3 is 9.67 Å². The number of rotatable bonds is 4. The fourth-order valence-electron chi connectivity index (χ4n) is 2.53. The monoisotopic (exact) mass is 281 g/mol. The molecule has 0 spiro atoms. The van der Waals surface area contributed by atoms with E-state index < -0.39 is 6.10 Å². The van der Waals surface area contributed by atoms with Gasteiger partial charge in [-0.1, -0.05) is 24.3 Å². The van der Waals surface area contributed by atoms with E-state index in [4.69, 9.17) is 0 Å². The van der Waals surface area contributed by atoms with Crippen LogP contribution in [0.5, 0.6) is 0 Å². The minimum atomic E-state index is -0.594. The highest BCUT2D eigenvalue weighted by molar-refractivity contribution is 5.78. The van der Waals surface area contributed by atoms with Crippen LogP contribution in [0.25, 0.3) is 10.9 Å². The molecule has 1 unspecified atom stereocenters. The smallest absolute Gasteiger partial charge is 0.101 e. The van der Waals surface area contributed by atoms with Gasteiger partial charge in [0.25, 0.3) is 0 Å². The van der Waals surface area contributed by atoms with Crippen LogP contribution in [-0.4, -0.2) is 19.6 Å². The Kier molecular flexibility index (Phi) is 3.71. The number of aliphatic hydroxyl groups excluding tert-OH is 1. The highest BCUT2D eigenvalue weighted by atomic mass is 16.3. The molecule has 2 heterocycles. The lowest BCUT2D eigenvalue weighted by atomic mass is 10.1. The Bertz CT molecular complexity index is 748. The summed E-state index contributed by atoms with van der Waals surface area (Å²) >= 11 is 0. The number of para-hydroxylation sites is 1. The average Bonchev–Trinajstić information content (AvgIpc) is 2.97. The normalized spacial score (nSPS) is 13.0. The second kappa shape index (κ2) is 5.66. The number of aromatic nitrogens is 3. The Labute approximate surface area is 124 Å². The summed E-state index contributed by atoms with van der Waals surface area (Å²) in [5, 5.41) is 11.6. The highest BCUT2D eigenvalue weighted by Crippen LogP contribution is 2.21. The summed E-state index contributed by atoms with van der Waals surface area (Å²) in [6.45, 7) is 4.15. The molecule has 108 valence electrons. The van der Waals surface area contributed by atoms with Crippen molar-refractivity contribution in [2.75, 3.05) is 0 Å². The van der Waals surface area contributed by atoms with Crippen LogP contribution in [0.15, 0.2) is 48.9 Å². The number of benzene rings is 1. The van der Waals surface area contributed by atoms with Gasteiger partial charge in [0.05, 0.1) is 23.7 Å². The predicted molar refractivity (Wildman–Crippen MR) is 83.0 cm³/mol. The van der Waals surface area contributed by atoms with Crippen molar-refractivity contribution in [1.29, 1.82) is 0 Å². The molecule has 0 fully saturated rings. The maximum Gasteiger partial charge on any atom is 0.101 e. The maximum absolute atomic E-state index is 10.5. The third-order valence-corrected chi connectivity index (χ3v) is 3.65. The van der Waals surface area contributed by atoms with E-state index in [9.17, 15) is 5.11 Å². The van der Waals surface area contributed by atoms with Gasteiger partial charge in [0.15, 0.2) is 0 Å². The maximum atomic E-state index is 10.5. The van der Waals surface area contributed by atoms with E-state index in [1.165, 1.54) is 0 Å². The molecule has 21 heavy (non-hydrogen) atoms. The Balaban J connectivity index is 1.85. The zero-order chi connectivity index (χ0) is 14.8. The summed E-state index contributed by atoms with van der Waals surface area (Å²) in [6.07, 6.45) is 3.38. The first-order valence-electron chi connectivity index (χ1n) is 7.19. The van der Waals surface area contributed by atoms with Crippen molar-refractivity contribution >= 4 is 10.9 Å². The van der Waals surface area contributed by atoms with Gasteiger partial charge >= 0.3 is 0 Å². The van der Waals surface area contributed by atoms with Gasteiger partial charge in [-0.3, -0.25) is 4.98 Å². The summed E-state index contributed by atoms with van der Waals surface area (Å²) in [4.78, 5) is 8.75. The fourth-order valence-corrected chi connectivity index (χ4v) is 2.53. The van der Waals surface area contributed by atoms with Gasteiger partial charge in [0, 0.05) is 23.5 Å². The Morgan fingerprint density at radius 1 is 1.14 bits per heavy atom. The van der Waals surface area contributed by atoms with E-state index >= 15 is 0 Å². The van der Waals surface area contributed by atoms with E-state index in [1.807, 2.05) is 41.0 Å². The van der Waals surface area contributed by atoms with Crippen molar-refractivity contribution in [2.24, 2.45) is 0 Å². The number of imidazole rings is 1. The van der Waals surface area contributed by atoms with Crippen LogP contribution in [0.2, 0.25) is 0 Å². The van der Waals surface area contributed by atoms with E-state index in [2.05, 4.69) is 23.8 Å². The number of pyridine rings is 1. The lowest BCUT2D eigenvalue weighted by Gasteiger charge is -2.16. The van der Waals surface area contributed by atoms with Crippen molar-refractivity contribution in [3.8, 4) is 0 Å². The number of hydrogen-bond donors (Lipinski definition) is 1. The summed E-state index contributed by atoms with van der Waals surface area (Å²) in [5.41, 5.74) is 2.68. The van der Waals surface area contributed by atoms with Gasteiger partial charge in [-0.25, -0.2) is 4.98 Å². The van der Waals surface area contributed by atoms with Gasteiger partial charge in [0.2, 0.25) is 0 Å². The highest BCUT2D eigenvalue weighted by Gasteiger charge is 2.16. The van der Waals surface area contributed by atoms with Crippen molar-refractivity contribution < 1.29 is 5.11 Å². The molecule has 4 heteroatoms. The van der Waals surface area contributed by atoms with Gasteiger partial charge in [-0.15, -0.1) is 0 Å². The molecule has 0 radical (unpaired) electrons. The molecular weight excluding hydrogens is 262 g/mol. The van der Waals surface area contributed by atoms with Crippen molar-refractivity contribution in [3.05, 3.63) is 60.3 Å². The zero-order valence-electron chi connectivity index (χ0n) is 12.3. The standard InChI is InChI=1S/C17H19N3O/c1-12(2)20-11-18-10-16(20)17(21)9-14-8-7-13-5-3-4-6-15(13)19-14/h3-8,10-12,17,21H,9H2,1-2H3. The molecule has 2 aromatic heterocycles. The lowest BCUT2D eigenvalue weighted by Crippen LogP contribution is -2.11. The number of aliphatic hydroxyl groups is 1. The van der Waals surface area contributed by atoms with Crippen LogP contribution < -0.4 is 0 Å². The molecule has 4 nitrogen and oxygen atoms in total. The lowest BCUT2D eigenvalue weighted by molar-refractivity contribution is 0.166. The molecule has 1 aromatic carbocycles. The Hall–Kier alpha value is -2.20. The quantitative estimate of drug-likeness (QED) is 0.798. The Morgan fingerprint density at radius 3 is 2.76 bits per heavy atom. The van der Waals surface area contributed by atoms with Crippen LogP contribution in [0.1, 0.15) is 37.4 Å². The zero-order valence-corrected chi connectivity index (χ0v) is 12.3. The Morgan fingerprint density at radius 2 is 1.95 bits per heavy atom. The number of hydrogen-bond acceptors (Lipinski definition) is 3. The van der Waals surface area contributed by atoms with Crippen LogP contribution in [-0.2, 0) is 6.42 Å². The first-order valence-corrected chi connectivity index (χ1v) is 7.19. The van der Waals surface area contributed by atoms with Gasteiger partial charge in [0.1, 0.15) is 6.10 Å².